The molecule has 554 valence electrons. The molecule has 6 aliphatic rings. The van der Waals surface area contributed by atoms with Gasteiger partial charge in [0, 0.05) is 140 Å². The van der Waals surface area contributed by atoms with Gasteiger partial charge in [-0.25, -0.2) is 15.2 Å². The van der Waals surface area contributed by atoms with Gasteiger partial charge in [0.25, 0.3) is 11.8 Å². The second-order valence-electron chi connectivity index (χ2n) is 26.3. The highest BCUT2D eigenvalue weighted by Crippen LogP contribution is 2.24. The number of rotatable bonds is 44. The van der Waals surface area contributed by atoms with Crippen LogP contribution in [-0.2, 0) is 52.6 Å². The van der Waals surface area contributed by atoms with Crippen LogP contribution in [0.3, 0.4) is 0 Å². The van der Waals surface area contributed by atoms with E-state index in [0.717, 1.165) is 77.9 Å². The summed E-state index contributed by atoms with van der Waals surface area (Å²) in [6, 6.07) is 4.00. The summed E-state index contributed by atoms with van der Waals surface area (Å²) in [4.78, 5) is 122. The Hall–Kier alpha value is -6.76. The minimum Gasteiger partial charge on any atom is -0.484 e. The van der Waals surface area contributed by atoms with E-state index >= 15 is 0 Å². The first kappa shape index (κ1) is 81.2. The predicted molar refractivity (Wildman–Crippen MR) is 369 cm³/mol. The second kappa shape index (κ2) is 45.2. The monoisotopic (exact) mass is 1390 g/mol. The molecule has 33 heteroatoms. The number of aliphatic carboxylic acids is 1. The van der Waals surface area contributed by atoms with E-state index in [4.69, 9.17) is 18.9 Å². The van der Waals surface area contributed by atoms with Gasteiger partial charge in [-0.05, 0) is 82.4 Å². The third-order valence-corrected chi connectivity index (χ3v) is 17.8. The first-order valence-corrected chi connectivity index (χ1v) is 35.6. The molecule has 6 saturated heterocycles. The number of pyridine rings is 1. The number of hydrazine groups is 2. The van der Waals surface area contributed by atoms with Gasteiger partial charge in [-0.1, -0.05) is 39.5 Å². The molecule has 8 amide bonds. The molecule has 0 radical (unpaired) electrons. The fourth-order valence-corrected chi connectivity index (χ4v) is 12.2. The Labute approximate surface area is 581 Å². The number of carbonyl (C=O) groups excluding carboxylic acids is 8. The van der Waals surface area contributed by atoms with Gasteiger partial charge in [-0.2, -0.15) is 5.12 Å². The molecule has 15 N–H and O–H groups in total. The van der Waals surface area contributed by atoms with Crippen LogP contribution in [0.15, 0.2) is 30.5 Å². The second-order valence-corrected chi connectivity index (χ2v) is 26.3. The van der Waals surface area contributed by atoms with E-state index in [1.165, 1.54) is 17.2 Å². The SMILES string of the molecule is CCCCCCCC(=O)NCCCCC(NC(=O)C(CCCCNC(=O)CCCC(=O)NC12CNCCNCC3(C)CNN(CNC1)N(CCNC2)C3)NC(=O)CCOCCOCCOCCNC(=O)COc1ccc2c(C(=O)NCC(=O)N3CCCC3B(O)O)ccnc2c1)C(=O)O. The normalized spacial score (nSPS) is 20.8. The summed E-state index contributed by atoms with van der Waals surface area (Å²) >= 11 is 0. The third kappa shape index (κ3) is 30.5. The van der Waals surface area contributed by atoms with Crippen LogP contribution >= 0.6 is 0 Å². The molecule has 99 heavy (non-hydrogen) atoms. The molecular formula is C66H111BN16O16. The molecule has 6 aliphatic heterocycles. The number of nitrogens with one attached hydrogen (secondary N) is 12. The molecule has 7 atom stereocenters. The van der Waals surface area contributed by atoms with Crippen molar-refractivity contribution in [1.29, 1.82) is 0 Å². The summed E-state index contributed by atoms with van der Waals surface area (Å²) in [5, 5.41) is 68.2. The Morgan fingerprint density at radius 2 is 1.31 bits per heavy atom. The Morgan fingerprint density at radius 3 is 2.04 bits per heavy atom. The summed E-state index contributed by atoms with van der Waals surface area (Å²) < 4.78 is 22.4. The fraction of sp³-hybridized carbons (Fsp3) is 0.727. The number of carboxylic acids is 1. The van der Waals surface area contributed by atoms with Gasteiger partial charge in [0.1, 0.15) is 17.8 Å². The van der Waals surface area contributed by atoms with Gasteiger partial charge in [-0.15, -0.1) is 0 Å². The third-order valence-electron chi connectivity index (χ3n) is 17.8. The minimum atomic E-state index is -1.66. The number of carboxylic acid groups (broad SMARTS) is 1. The highest BCUT2D eigenvalue weighted by atomic mass is 16.5. The van der Waals surface area contributed by atoms with Gasteiger partial charge in [-0.3, -0.25) is 48.7 Å². The number of hydrogen-bond acceptors (Lipinski definition) is 23. The van der Waals surface area contributed by atoms with Gasteiger partial charge in [0.05, 0.1) is 75.4 Å². The molecule has 1 aromatic heterocycles. The number of benzene rings is 1. The number of ether oxygens (including phenoxy) is 4. The van der Waals surface area contributed by atoms with Crippen molar-refractivity contribution in [3.63, 3.8) is 0 Å². The standard InChI is InChI=1S/C66H111BN16O16/c1-3-4-5-6-7-17-56(84)73-25-11-9-15-53(64(92)93)79-63(91)52(14-8-10-24-74-57(85)18-12-19-59(87)80-66-44-69-28-27-68-42-65(2)43-77-83(48-71-46-66)81(47-65)32-29-70-45-66)78-58(86)23-33-96-35-37-98-38-36-97-34-30-75-60(88)41-99-49-20-21-50-51(22-26-72-54(50)39-49)62(90)76-40-61(89)82-31-13-16-55(82)67(94)95/h20-22,26,39,52-53,55,68-71,77,94-95H,3-19,23-25,27-38,40-48H2,1-2H3,(H,73,84)(H,74,85)(H,75,88)(H,76,90)(H,78,86)(H,79,91)(H,80,87)(H,92,93). The highest BCUT2D eigenvalue weighted by Gasteiger charge is 2.39. The number of carbonyl (C=O) groups is 9. The maximum Gasteiger partial charge on any atom is 0.475 e. The maximum absolute atomic E-state index is 13.7. The molecule has 32 nitrogen and oxygen atoms in total. The molecule has 0 spiro atoms. The molecule has 0 saturated carbocycles. The molecule has 1 aromatic carbocycles. The summed E-state index contributed by atoms with van der Waals surface area (Å²) in [5.74, 6) is -4.51. The van der Waals surface area contributed by atoms with Crippen LogP contribution in [0.4, 0.5) is 0 Å². The quantitative estimate of drug-likeness (QED) is 0.0260. The van der Waals surface area contributed by atoms with E-state index in [1.54, 1.807) is 18.2 Å². The zero-order valence-corrected chi connectivity index (χ0v) is 58.1. The molecule has 4 bridgehead atoms. The Morgan fingerprint density at radius 1 is 0.657 bits per heavy atom. The van der Waals surface area contributed by atoms with Crippen molar-refractivity contribution in [2.24, 2.45) is 5.41 Å². The van der Waals surface area contributed by atoms with Crippen molar-refractivity contribution < 1.29 is 77.3 Å². The van der Waals surface area contributed by atoms with E-state index in [1.807, 2.05) is 0 Å². The first-order chi connectivity index (χ1) is 47.9. The van der Waals surface area contributed by atoms with E-state index in [0.29, 0.717) is 107 Å². The molecule has 0 aliphatic carbocycles. The van der Waals surface area contributed by atoms with Crippen molar-refractivity contribution >= 4 is 71.2 Å². The molecular weight excluding hydrogens is 1280 g/mol. The summed E-state index contributed by atoms with van der Waals surface area (Å²) in [6.45, 7) is 13.9. The lowest BCUT2D eigenvalue weighted by molar-refractivity contribution is -0.142. The smallest absolute Gasteiger partial charge is 0.475 e. The van der Waals surface area contributed by atoms with Gasteiger partial charge >= 0.3 is 13.1 Å². The van der Waals surface area contributed by atoms with Crippen molar-refractivity contribution in [3.8, 4) is 5.75 Å². The predicted octanol–water partition coefficient (Wildman–Crippen LogP) is -1.70. The van der Waals surface area contributed by atoms with Crippen LogP contribution in [0.1, 0.15) is 140 Å². The van der Waals surface area contributed by atoms with Gasteiger partial charge < -0.3 is 92.2 Å². The first-order valence-electron chi connectivity index (χ1n) is 35.6. The number of amides is 8. The van der Waals surface area contributed by atoms with Crippen LogP contribution in [0, 0.1) is 5.41 Å². The van der Waals surface area contributed by atoms with E-state index in [9.17, 15) is 58.3 Å². The zero-order chi connectivity index (χ0) is 71.1. The van der Waals surface area contributed by atoms with Crippen LogP contribution in [-0.4, -0.2) is 270 Å². The van der Waals surface area contributed by atoms with E-state index in [2.05, 4.69) is 92.9 Å². The van der Waals surface area contributed by atoms with Crippen LogP contribution in [0.2, 0.25) is 0 Å². The Kier molecular flexibility index (Phi) is 37.1. The van der Waals surface area contributed by atoms with Crippen molar-refractivity contribution in [2.75, 3.05) is 151 Å². The number of nitrogens with zero attached hydrogens (tertiary/aromatic N) is 4. The number of fused-ring (bicyclic) bond motifs is 5. The minimum absolute atomic E-state index is 0.00667. The molecule has 7 unspecified atom stereocenters. The lowest BCUT2D eigenvalue weighted by Crippen LogP contribution is -2.71. The van der Waals surface area contributed by atoms with Crippen molar-refractivity contribution in [3.05, 3.63) is 36.0 Å². The van der Waals surface area contributed by atoms with Crippen LogP contribution in [0.25, 0.3) is 10.9 Å². The van der Waals surface area contributed by atoms with Gasteiger partial charge in [0.15, 0.2) is 6.61 Å². The van der Waals surface area contributed by atoms with Crippen LogP contribution < -0.4 is 68.6 Å². The Balaban J connectivity index is 0.848. The van der Waals surface area contributed by atoms with E-state index < -0.39 is 66.2 Å². The molecule has 8 rings (SSSR count). The average Bonchev–Trinajstić information content (AvgIpc) is 1.28. The Bertz CT molecular complexity index is 2850. The molecule has 2 aromatic rings. The highest BCUT2D eigenvalue weighted by molar-refractivity contribution is 6.43. The van der Waals surface area contributed by atoms with E-state index in [-0.39, 0.29) is 127 Å². The maximum atomic E-state index is 13.7. The summed E-state index contributed by atoms with van der Waals surface area (Å²) in [7, 11) is -1.66. The largest absolute Gasteiger partial charge is 0.484 e. The topological polar surface area (TPSA) is 418 Å². The lowest BCUT2D eigenvalue weighted by atomic mass is 9.78. The molecule has 7 heterocycles. The lowest BCUT2D eigenvalue weighted by Gasteiger charge is -2.49. The number of aromatic nitrogens is 1. The van der Waals surface area contributed by atoms with Gasteiger partial charge in [0.2, 0.25) is 35.4 Å². The fourth-order valence-electron chi connectivity index (χ4n) is 12.2. The van der Waals surface area contributed by atoms with Crippen molar-refractivity contribution in [2.45, 2.75) is 153 Å². The number of unbranched alkanes of at least 4 members (excludes halogenated alkanes) is 6. The average molecular weight is 1400 g/mol. The zero-order valence-electron chi connectivity index (χ0n) is 58.1. The number of likely N-dealkylation sites (tertiary alicyclic amines) is 1. The molecule has 6 fully saturated rings. The summed E-state index contributed by atoms with van der Waals surface area (Å²) in [6.07, 6.45) is 10.7. The van der Waals surface area contributed by atoms with Crippen LogP contribution in [0.5, 0.6) is 5.75 Å². The summed E-state index contributed by atoms with van der Waals surface area (Å²) in [5.41, 5.74) is 3.74. The van der Waals surface area contributed by atoms with Crippen molar-refractivity contribution in [1.82, 2.24) is 83.9 Å². The number of hydrogen-bond donors (Lipinski definition) is 15.